The Labute approximate surface area is 113 Å². The van der Waals surface area contributed by atoms with Crippen molar-refractivity contribution in [2.45, 2.75) is 63.1 Å². The van der Waals surface area contributed by atoms with E-state index in [4.69, 9.17) is 10.3 Å². The number of hydrogen-bond acceptors (Lipinski definition) is 3. The summed E-state index contributed by atoms with van der Waals surface area (Å²) in [6.45, 7) is 0. The third-order valence-electron chi connectivity index (χ3n) is 5.39. The number of halogens is 1. The second kappa shape index (κ2) is 4.64. The van der Waals surface area contributed by atoms with Crippen LogP contribution in [0.5, 0.6) is 0 Å². The van der Waals surface area contributed by atoms with Gasteiger partial charge in [0, 0.05) is 11.8 Å². The van der Waals surface area contributed by atoms with Gasteiger partial charge in [-0.2, -0.15) is 0 Å². The number of nitrogens with two attached hydrogens (primary N) is 1. The van der Waals surface area contributed by atoms with Crippen molar-refractivity contribution in [3.05, 3.63) is 0 Å². The normalized spacial score (nSPS) is 47.5. The molecule has 4 fully saturated rings. The number of hydrogen-bond donors (Lipinski definition) is 2. The Balaban J connectivity index is 1.67. The van der Waals surface area contributed by atoms with E-state index in [1.165, 1.54) is 19.3 Å². The largest absolute Gasteiger partial charge is 0.330 e. The lowest BCUT2D eigenvalue weighted by atomic mass is 9.47. The van der Waals surface area contributed by atoms with Crippen LogP contribution in [0.25, 0.3) is 0 Å². The molecule has 3 N–H and O–H groups in total. The monoisotopic (exact) mass is 273 g/mol. The summed E-state index contributed by atoms with van der Waals surface area (Å²) in [6.07, 6.45) is 7.86. The molecule has 0 amide bonds. The van der Waals surface area contributed by atoms with Gasteiger partial charge in [-0.25, -0.2) is 4.39 Å². The molecule has 4 aliphatic rings. The van der Waals surface area contributed by atoms with E-state index in [0.29, 0.717) is 17.6 Å². The van der Waals surface area contributed by atoms with Crippen LogP contribution in [0.15, 0.2) is 0 Å². The van der Waals surface area contributed by atoms with E-state index in [9.17, 15) is 4.39 Å². The lowest BCUT2D eigenvalue weighted by molar-refractivity contribution is -0.128. The molecule has 0 spiro atoms. The van der Waals surface area contributed by atoms with Crippen molar-refractivity contribution < 1.29 is 8.94 Å². The van der Waals surface area contributed by atoms with Crippen LogP contribution in [0.2, 0.25) is 0 Å². The summed E-state index contributed by atoms with van der Waals surface area (Å²) in [7, 11) is 0. The zero-order valence-corrected chi connectivity index (χ0v) is 11.7. The summed E-state index contributed by atoms with van der Waals surface area (Å²) in [5.74, 6) is 1.94. The molecule has 2 nitrogen and oxygen atoms in total. The molecule has 4 saturated carbocycles. The SMILES string of the molecule is NC(CCSO)CC12CC3CC(CC(F)(C3)C1)C2. The summed E-state index contributed by atoms with van der Waals surface area (Å²) in [4.78, 5) is 0. The molecule has 0 radical (unpaired) electrons. The summed E-state index contributed by atoms with van der Waals surface area (Å²) in [5.41, 5.74) is 5.50. The van der Waals surface area contributed by atoms with Crippen LogP contribution in [0.1, 0.15) is 51.4 Å². The lowest BCUT2D eigenvalue weighted by Gasteiger charge is -2.59. The molecule has 3 unspecified atom stereocenters. The molecule has 4 bridgehead atoms. The fraction of sp³-hybridized carbons (Fsp3) is 1.00. The lowest BCUT2D eigenvalue weighted by Crippen LogP contribution is -2.54. The Bertz CT molecular complexity index is 311. The first kappa shape index (κ1) is 13.2. The van der Waals surface area contributed by atoms with E-state index >= 15 is 0 Å². The first-order chi connectivity index (χ1) is 8.53. The van der Waals surface area contributed by atoms with Crippen LogP contribution in [-0.4, -0.2) is 22.0 Å². The molecule has 4 aliphatic carbocycles. The van der Waals surface area contributed by atoms with Gasteiger partial charge in [-0.05, 0) is 80.7 Å². The molecule has 18 heavy (non-hydrogen) atoms. The first-order valence-electron chi connectivity index (χ1n) is 7.23. The van der Waals surface area contributed by atoms with Gasteiger partial charge >= 0.3 is 0 Å². The van der Waals surface area contributed by atoms with Gasteiger partial charge in [-0.15, -0.1) is 0 Å². The van der Waals surface area contributed by atoms with E-state index in [2.05, 4.69) is 0 Å². The van der Waals surface area contributed by atoms with Crippen LogP contribution in [-0.2, 0) is 0 Å². The van der Waals surface area contributed by atoms with Gasteiger partial charge in [-0.3, -0.25) is 0 Å². The van der Waals surface area contributed by atoms with Crippen LogP contribution in [0.4, 0.5) is 4.39 Å². The summed E-state index contributed by atoms with van der Waals surface area (Å²) in [5, 5.41) is 0. The molecular formula is C14H24FNOS. The quantitative estimate of drug-likeness (QED) is 0.752. The molecule has 0 aromatic carbocycles. The minimum Gasteiger partial charge on any atom is -0.330 e. The maximum absolute atomic E-state index is 14.7. The van der Waals surface area contributed by atoms with Crippen LogP contribution < -0.4 is 5.73 Å². The van der Waals surface area contributed by atoms with E-state index in [-0.39, 0.29) is 11.5 Å². The van der Waals surface area contributed by atoms with Gasteiger partial charge in [0.25, 0.3) is 0 Å². The molecule has 0 aromatic rings. The Hall–Kier alpha value is 0.200. The van der Waals surface area contributed by atoms with E-state index in [1.54, 1.807) is 0 Å². The predicted molar refractivity (Wildman–Crippen MR) is 73.3 cm³/mol. The fourth-order valence-corrected chi connectivity index (χ4v) is 5.85. The zero-order chi connectivity index (χ0) is 12.8. The molecule has 0 heterocycles. The maximum atomic E-state index is 14.7. The molecular weight excluding hydrogens is 249 g/mol. The van der Waals surface area contributed by atoms with Crippen LogP contribution >= 0.6 is 12.0 Å². The summed E-state index contributed by atoms with van der Waals surface area (Å²) < 4.78 is 23.5. The van der Waals surface area contributed by atoms with Gasteiger partial charge in [-0.1, -0.05) is 0 Å². The topological polar surface area (TPSA) is 46.2 Å². The Morgan fingerprint density at radius 2 is 1.94 bits per heavy atom. The Morgan fingerprint density at radius 1 is 1.28 bits per heavy atom. The molecule has 104 valence electrons. The molecule has 3 atom stereocenters. The second-order valence-corrected chi connectivity index (χ2v) is 7.86. The van der Waals surface area contributed by atoms with E-state index < -0.39 is 5.67 Å². The van der Waals surface area contributed by atoms with Gasteiger partial charge in [0.1, 0.15) is 5.67 Å². The smallest absolute Gasteiger partial charge is 0.112 e. The molecule has 0 saturated heterocycles. The highest BCUT2D eigenvalue weighted by Crippen LogP contribution is 2.64. The molecule has 4 heteroatoms. The Kier molecular flexibility index (Phi) is 3.40. The molecule has 0 aliphatic heterocycles. The maximum Gasteiger partial charge on any atom is 0.112 e. The van der Waals surface area contributed by atoms with Crippen molar-refractivity contribution >= 4 is 12.0 Å². The highest BCUT2D eigenvalue weighted by atomic mass is 32.2. The van der Waals surface area contributed by atoms with Gasteiger partial charge in [0.2, 0.25) is 0 Å². The highest BCUT2D eigenvalue weighted by molar-refractivity contribution is 7.93. The highest BCUT2D eigenvalue weighted by Gasteiger charge is 2.58. The van der Waals surface area contributed by atoms with Crippen molar-refractivity contribution in [3.8, 4) is 0 Å². The average Bonchev–Trinajstić information content (AvgIpc) is 2.21. The van der Waals surface area contributed by atoms with Gasteiger partial charge in [0.05, 0.1) is 0 Å². The van der Waals surface area contributed by atoms with Crippen molar-refractivity contribution in [3.63, 3.8) is 0 Å². The van der Waals surface area contributed by atoms with Crippen molar-refractivity contribution in [2.75, 3.05) is 5.75 Å². The number of rotatable bonds is 5. The summed E-state index contributed by atoms with van der Waals surface area (Å²) >= 11 is 0.868. The second-order valence-electron chi connectivity index (χ2n) is 7.20. The predicted octanol–water partition coefficient (Wildman–Crippen LogP) is 3.61. The third kappa shape index (κ3) is 2.44. The van der Waals surface area contributed by atoms with Gasteiger partial charge in [0.15, 0.2) is 0 Å². The van der Waals surface area contributed by atoms with Gasteiger partial charge < -0.3 is 10.3 Å². The van der Waals surface area contributed by atoms with Crippen molar-refractivity contribution in [1.29, 1.82) is 0 Å². The molecule has 4 rings (SSSR count). The average molecular weight is 273 g/mol. The molecule has 0 aromatic heterocycles. The zero-order valence-electron chi connectivity index (χ0n) is 10.9. The van der Waals surface area contributed by atoms with E-state index in [0.717, 1.165) is 44.1 Å². The van der Waals surface area contributed by atoms with E-state index in [1.807, 2.05) is 0 Å². The third-order valence-corrected chi connectivity index (χ3v) is 5.80. The van der Waals surface area contributed by atoms with Crippen LogP contribution in [0.3, 0.4) is 0 Å². The standard InChI is InChI=1S/C14H24FNOS/c15-14-6-10-3-11(7-14)5-13(4-10,9-14)8-12(16)1-2-18-17/h10-12,17H,1-9,16H2. The minimum absolute atomic E-state index is 0.129. The van der Waals surface area contributed by atoms with Crippen molar-refractivity contribution in [1.82, 2.24) is 0 Å². The van der Waals surface area contributed by atoms with Crippen LogP contribution in [0, 0.1) is 17.3 Å². The minimum atomic E-state index is -0.866. The van der Waals surface area contributed by atoms with Crippen molar-refractivity contribution in [2.24, 2.45) is 23.0 Å². The first-order valence-corrected chi connectivity index (χ1v) is 8.18. The Morgan fingerprint density at radius 3 is 2.50 bits per heavy atom. The summed E-state index contributed by atoms with van der Waals surface area (Å²) in [6, 6.07) is 0.129. The number of alkyl halides is 1. The fourth-order valence-electron chi connectivity index (χ4n) is 5.44.